The standard InChI is InChI=1S/C13H19FN2O2/c1-9(13(2,3)4)8-15-11-7-10(14)5-6-12(11)16(17)18/h5-7,9,15H,8H2,1-4H3. The van der Waals surface area contributed by atoms with Gasteiger partial charge in [-0.15, -0.1) is 0 Å². The number of nitrogens with one attached hydrogen (secondary N) is 1. The van der Waals surface area contributed by atoms with Crippen LogP contribution in [0.5, 0.6) is 0 Å². The van der Waals surface area contributed by atoms with Crippen molar-refractivity contribution < 1.29 is 9.31 Å². The zero-order valence-corrected chi connectivity index (χ0v) is 11.2. The number of nitro groups is 1. The van der Waals surface area contributed by atoms with Crippen LogP contribution in [-0.2, 0) is 0 Å². The molecule has 1 atom stereocenters. The van der Waals surface area contributed by atoms with Gasteiger partial charge < -0.3 is 5.32 Å². The fraction of sp³-hybridized carbons (Fsp3) is 0.538. The van der Waals surface area contributed by atoms with Crippen LogP contribution >= 0.6 is 0 Å². The van der Waals surface area contributed by atoms with Crippen molar-refractivity contribution in [2.45, 2.75) is 27.7 Å². The van der Waals surface area contributed by atoms with Crippen molar-refractivity contribution in [2.24, 2.45) is 11.3 Å². The molecule has 18 heavy (non-hydrogen) atoms. The first-order chi connectivity index (χ1) is 8.21. The van der Waals surface area contributed by atoms with Crippen LogP contribution in [0.1, 0.15) is 27.7 Å². The number of hydrogen-bond donors (Lipinski definition) is 1. The van der Waals surface area contributed by atoms with Crippen LogP contribution in [0.3, 0.4) is 0 Å². The third kappa shape index (κ3) is 3.68. The zero-order chi connectivity index (χ0) is 13.9. The minimum atomic E-state index is -0.510. The molecular weight excluding hydrogens is 235 g/mol. The van der Waals surface area contributed by atoms with Crippen LogP contribution < -0.4 is 5.32 Å². The van der Waals surface area contributed by atoms with Gasteiger partial charge in [0.1, 0.15) is 11.5 Å². The first kappa shape index (κ1) is 14.4. The lowest BCUT2D eigenvalue weighted by atomic mass is 9.82. The Balaban J connectivity index is 2.84. The average Bonchev–Trinajstić information content (AvgIpc) is 2.24. The van der Waals surface area contributed by atoms with Crippen molar-refractivity contribution in [1.82, 2.24) is 0 Å². The largest absolute Gasteiger partial charge is 0.379 e. The van der Waals surface area contributed by atoms with Crippen LogP contribution in [0.4, 0.5) is 15.8 Å². The van der Waals surface area contributed by atoms with Crippen molar-refractivity contribution in [3.8, 4) is 0 Å². The Morgan fingerprint density at radius 1 is 1.44 bits per heavy atom. The Morgan fingerprint density at radius 3 is 2.56 bits per heavy atom. The van der Waals surface area contributed by atoms with Crippen molar-refractivity contribution in [3.05, 3.63) is 34.1 Å². The minimum absolute atomic E-state index is 0.0924. The highest BCUT2D eigenvalue weighted by atomic mass is 19.1. The molecule has 0 aliphatic rings. The molecule has 0 bridgehead atoms. The zero-order valence-electron chi connectivity index (χ0n) is 11.2. The second kappa shape index (κ2) is 5.33. The van der Waals surface area contributed by atoms with Gasteiger partial charge in [0.05, 0.1) is 4.92 Å². The molecule has 1 rings (SSSR count). The Bertz CT molecular complexity index is 441. The van der Waals surface area contributed by atoms with E-state index in [0.29, 0.717) is 12.5 Å². The van der Waals surface area contributed by atoms with Crippen molar-refractivity contribution >= 4 is 11.4 Å². The lowest BCUT2D eigenvalue weighted by molar-refractivity contribution is -0.384. The summed E-state index contributed by atoms with van der Waals surface area (Å²) >= 11 is 0. The number of anilines is 1. The smallest absolute Gasteiger partial charge is 0.292 e. The van der Waals surface area contributed by atoms with E-state index in [1.54, 1.807) is 0 Å². The second-order valence-corrected chi connectivity index (χ2v) is 5.57. The SMILES string of the molecule is CC(CNc1cc(F)ccc1[N+](=O)[O-])C(C)(C)C. The van der Waals surface area contributed by atoms with E-state index < -0.39 is 10.7 Å². The Labute approximate surface area is 106 Å². The summed E-state index contributed by atoms with van der Waals surface area (Å²) in [5.41, 5.74) is 0.225. The van der Waals surface area contributed by atoms with Gasteiger partial charge in [0.2, 0.25) is 0 Å². The van der Waals surface area contributed by atoms with E-state index in [2.05, 4.69) is 33.0 Å². The molecule has 1 N–H and O–H groups in total. The number of nitrogens with zero attached hydrogens (tertiary/aromatic N) is 1. The van der Waals surface area contributed by atoms with Crippen molar-refractivity contribution in [1.29, 1.82) is 0 Å². The topological polar surface area (TPSA) is 55.2 Å². The lowest BCUT2D eigenvalue weighted by Gasteiger charge is -2.27. The summed E-state index contributed by atoms with van der Waals surface area (Å²) in [6.45, 7) is 8.91. The Morgan fingerprint density at radius 2 is 2.06 bits per heavy atom. The van der Waals surface area contributed by atoms with E-state index in [0.717, 1.165) is 12.1 Å². The van der Waals surface area contributed by atoms with Gasteiger partial charge in [0.15, 0.2) is 0 Å². The summed E-state index contributed by atoms with van der Waals surface area (Å²) in [7, 11) is 0. The van der Waals surface area contributed by atoms with E-state index in [9.17, 15) is 14.5 Å². The molecule has 0 aliphatic heterocycles. The third-order valence-corrected chi connectivity index (χ3v) is 3.23. The second-order valence-electron chi connectivity index (χ2n) is 5.57. The molecule has 0 fully saturated rings. The van der Waals surface area contributed by atoms with E-state index in [4.69, 9.17) is 0 Å². The molecule has 1 unspecified atom stereocenters. The summed E-state index contributed by atoms with van der Waals surface area (Å²) in [6.07, 6.45) is 0. The molecule has 0 spiro atoms. The molecule has 0 saturated carbocycles. The summed E-state index contributed by atoms with van der Waals surface area (Å²) < 4.78 is 13.1. The third-order valence-electron chi connectivity index (χ3n) is 3.23. The summed E-state index contributed by atoms with van der Waals surface area (Å²) in [6, 6.07) is 3.43. The lowest BCUT2D eigenvalue weighted by Crippen LogP contribution is -2.25. The molecule has 1 aromatic carbocycles. The van der Waals surface area contributed by atoms with Crippen LogP contribution in [0, 0.1) is 27.3 Å². The van der Waals surface area contributed by atoms with Gasteiger partial charge in [-0.3, -0.25) is 10.1 Å². The van der Waals surface area contributed by atoms with E-state index in [-0.39, 0.29) is 16.8 Å². The molecule has 0 aliphatic carbocycles. The molecule has 5 heteroatoms. The van der Waals surface area contributed by atoms with Gasteiger partial charge in [-0.05, 0) is 17.4 Å². The molecule has 100 valence electrons. The maximum absolute atomic E-state index is 13.1. The number of benzene rings is 1. The monoisotopic (exact) mass is 254 g/mol. The molecule has 0 aromatic heterocycles. The minimum Gasteiger partial charge on any atom is -0.379 e. The highest BCUT2D eigenvalue weighted by molar-refractivity contribution is 5.61. The van der Waals surface area contributed by atoms with Gasteiger partial charge in [0.25, 0.3) is 5.69 Å². The normalized spacial score (nSPS) is 13.2. The molecule has 1 aromatic rings. The first-order valence-electron chi connectivity index (χ1n) is 5.89. The highest BCUT2D eigenvalue weighted by Crippen LogP contribution is 2.28. The van der Waals surface area contributed by atoms with Gasteiger partial charge in [-0.1, -0.05) is 27.7 Å². The molecular formula is C13H19FN2O2. The van der Waals surface area contributed by atoms with E-state index in [1.807, 2.05) is 0 Å². The fourth-order valence-corrected chi connectivity index (χ4v) is 1.38. The fourth-order valence-electron chi connectivity index (χ4n) is 1.38. The van der Waals surface area contributed by atoms with Gasteiger partial charge >= 0.3 is 0 Å². The summed E-state index contributed by atoms with van der Waals surface area (Å²) in [4.78, 5) is 10.3. The number of nitro benzene ring substituents is 1. The Hall–Kier alpha value is -1.65. The summed E-state index contributed by atoms with van der Waals surface area (Å²) in [5, 5.41) is 13.8. The van der Waals surface area contributed by atoms with E-state index >= 15 is 0 Å². The number of rotatable bonds is 4. The highest BCUT2D eigenvalue weighted by Gasteiger charge is 2.21. The van der Waals surface area contributed by atoms with Crippen LogP contribution in [0.2, 0.25) is 0 Å². The van der Waals surface area contributed by atoms with Crippen LogP contribution in [0.25, 0.3) is 0 Å². The number of hydrogen-bond acceptors (Lipinski definition) is 3. The van der Waals surface area contributed by atoms with Crippen molar-refractivity contribution in [2.75, 3.05) is 11.9 Å². The number of halogens is 1. The molecule has 4 nitrogen and oxygen atoms in total. The molecule has 0 heterocycles. The first-order valence-corrected chi connectivity index (χ1v) is 5.89. The van der Waals surface area contributed by atoms with Crippen LogP contribution in [-0.4, -0.2) is 11.5 Å². The average molecular weight is 254 g/mol. The molecule has 0 saturated heterocycles. The molecule has 0 radical (unpaired) electrons. The maximum atomic E-state index is 13.1. The Kier molecular flexibility index (Phi) is 4.27. The van der Waals surface area contributed by atoms with Gasteiger partial charge in [-0.25, -0.2) is 4.39 Å². The molecule has 0 amide bonds. The van der Waals surface area contributed by atoms with Gasteiger partial charge in [0, 0.05) is 18.7 Å². The summed E-state index contributed by atoms with van der Waals surface area (Å²) in [5.74, 6) is -0.174. The van der Waals surface area contributed by atoms with E-state index in [1.165, 1.54) is 6.07 Å². The quantitative estimate of drug-likeness (QED) is 0.656. The predicted octanol–water partition coefficient (Wildman–Crippen LogP) is 3.83. The van der Waals surface area contributed by atoms with Crippen molar-refractivity contribution in [3.63, 3.8) is 0 Å². The predicted molar refractivity (Wildman–Crippen MR) is 70.2 cm³/mol. The maximum Gasteiger partial charge on any atom is 0.292 e. The van der Waals surface area contributed by atoms with Crippen LogP contribution in [0.15, 0.2) is 18.2 Å². The van der Waals surface area contributed by atoms with Gasteiger partial charge in [-0.2, -0.15) is 0 Å².